The minimum atomic E-state index is 0.923. The van der Waals surface area contributed by atoms with Gasteiger partial charge in [0.05, 0.1) is 5.70 Å². The second-order valence-corrected chi connectivity index (χ2v) is 13.3. The van der Waals surface area contributed by atoms with Gasteiger partial charge >= 0.3 is 0 Å². The van der Waals surface area contributed by atoms with E-state index in [4.69, 9.17) is 9.98 Å². The molecule has 2 heterocycles. The maximum absolute atomic E-state index is 5.23. The van der Waals surface area contributed by atoms with Crippen LogP contribution in [0.15, 0.2) is 169 Å². The average molecular weight is 657 g/mol. The number of hydrogen-bond acceptors (Lipinski definition) is 2. The van der Waals surface area contributed by atoms with E-state index in [0.29, 0.717) is 0 Å². The number of nitrogens with zero attached hydrogens (tertiary/aromatic N) is 2. The maximum atomic E-state index is 5.23. The van der Waals surface area contributed by atoms with Crippen LogP contribution < -0.4 is 0 Å². The fourth-order valence-corrected chi connectivity index (χ4v) is 7.41. The Morgan fingerprint density at radius 1 is 0.510 bits per heavy atom. The smallest absolute Gasteiger partial charge is 0.0743 e. The van der Waals surface area contributed by atoms with Crippen molar-refractivity contribution in [3.05, 3.63) is 186 Å². The third-order valence-electron chi connectivity index (χ3n) is 9.93. The molecule has 0 atom stereocenters. The number of aromatic nitrogens is 1. The second kappa shape index (κ2) is 14.0. The monoisotopic (exact) mass is 656 g/mol. The first kappa shape index (κ1) is 32.1. The average Bonchev–Trinajstić information content (AvgIpc) is 3.18. The molecule has 1 aromatic heterocycles. The standard InChI is InChI=1S/C49H40N2/c1-4-5-7-17-42-26-28-45(36-14-8-6-9-15-36)49(51-42)37-24-22-35(23-25-37)39-29-40(43-27-21-33(2)50-34(43)3)31-41(30-39)48-32-38-16-10-11-18-44(38)46-19-12-13-20-47(46)48/h4-25,27,29-32H,26,28H2,1-3H3/b5-4-,17-7-. The quantitative estimate of drug-likeness (QED) is 0.124. The van der Waals surface area contributed by atoms with E-state index in [1.165, 1.54) is 54.9 Å². The van der Waals surface area contributed by atoms with E-state index < -0.39 is 0 Å². The van der Waals surface area contributed by atoms with Crippen LogP contribution in [0.2, 0.25) is 0 Å². The first-order valence-corrected chi connectivity index (χ1v) is 17.8. The molecule has 0 amide bonds. The summed E-state index contributed by atoms with van der Waals surface area (Å²) >= 11 is 0. The third-order valence-corrected chi connectivity index (χ3v) is 9.93. The van der Waals surface area contributed by atoms with Gasteiger partial charge in [-0.2, -0.15) is 0 Å². The molecular weight excluding hydrogens is 617 g/mol. The Kier molecular flexibility index (Phi) is 8.82. The second-order valence-electron chi connectivity index (χ2n) is 13.3. The molecule has 0 unspecified atom stereocenters. The van der Waals surface area contributed by atoms with E-state index in [0.717, 1.165) is 52.3 Å². The Labute approximate surface area is 300 Å². The van der Waals surface area contributed by atoms with Crippen molar-refractivity contribution in [2.24, 2.45) is 4.99 Å². The number of pyridine rings is 1. The highest BCUT2D eigenvalue weighted by molar-refractivity contribution is 6.14. The lowest BCUT2D eigenvalue weighted by Gasteiger charge is -2.19. The minimum Gasteiger partial charge on any atom is -0.258 e. The summed E-state index contributed by atoms with van der Waals surface area (Å²) in [6, 6.07) is 50.9. The van der Waals surface area contributed by atoms with Crippen molar-refractivity contribution in [2.45, 2.75) is 33.6 Å². The van der Waals surface area contributed by atoms with Gasteiger partial charge in [-0.05, 0) is 131 Å². The molecule has 7 aromatic rings. The molecule has 0 saturated carbocycles. The zero-order valence-electron chi connectivity index (χ0n) is 29.4. The summed E-state index contributed by atoms with van der Waals surface area (Å²) in [5.41, 5.74) is 15.0. The first-order chi connectivity index (χ1) is 25.1. The number of aliphatic imine (C=N–C) groups is 1. The zero-order chi connectivity index (χ0) is 34.7. The van der Waals surface area contributed by atoms with Gasteiger partial charge in [0.15, 0.2) is 0 Å². The summed E-state index contributed by atoms with van der Waals surface area (Å²) in [7, 11) is 0. The Morgan fingerprint density at radius 3 is 1.94 bits per heavy atom. The molecule has 0 radical (unpaired) electrons. The Balaban J connectivity index is 1.28. The highest BCUT2D eigenvalue weighted by Gasteiger charge is 2.18. The van der Waals surface area contributed by atoms with Crippen LogP contribution in [-0.4, -0.2) is 10.7 Å². The number of rotatable bonds is 7. The molecule has 6 aromatic carbocycles. The fraction of sp³-hybridized carbons (Fsp3) is 0.102. The van der Waals surface area contributed by atoms with E-state index in [-0.39, 0.29) is 0 Å². The topological polar surface area (TPSA) is 25.2 Å². The van der Waals surface area contributed by atoms with Crippen LogP contribution in [0.25, 0.3) is 66.2 Å². The molecule has 0 spiro atoms. The van der Waals surface area contributed by atoms with Gasteiger partial charge in [-0.15, -0.1) is 0 Å². The van der Waals surface area contributed by atoms with Gasteiger partial charge < -0.3 is 0 Å². The zero-order valence-corrected chi connectivity index (χ0v) is 29.4. The lowest BCUT2D eigenvalue weighted by Crippen LogP contribution is -2.04. The maximum Gasteiger partial charge on any atom is 0.0743 e. The SMILES string of the molecule is C/C=C\C=C/C1=NC(c2ccc(-c3cc(-c4ccc(C)nc4C)cc(-c4cc5ccccc5c5ccccc45)c3)cc2)=C(c2ccccc2)CC1. The van der Waals surface area contributed by atoms with Gasteiger partial charge in [0, 0.05) is 28.2 Å². The Hall–Kier alpha value is -6.12. The van der Waals surface area contributed by atoms with Gasteiger partial charge in [-0.1, -0.05) is 127 Å². The number of benzene rings is 6. The Morgan fingerprint density at radius 2 is 1.18 bits per heavy atom. The molecule has 0 bridgehead atoms. The molecule has 1 aliphatic heterocycles. The summed E-state index contributed by atoms with van der Waals surface area (Å²) < 4.78 is 0. The van der Waals surface area contributed by atoms with Crippen LogP contribution >= 0.6 is 0 Å². The summed E-state index contributed by atoms with van der Waals surface area (Å²) in [6.45, 7) is 6.20. The van der Waals surface area contributed by atoms with Crippen LogP contribution in [-0.2, 0) is 0 Å². The van der Waals surface area contributed by atoms with Crippen LogP contribution in [0.4, 0.5) is 0 Å². The normalized spacial score (nSPS) is 13.5. The van der Waals surface area contributed by atoms with E-state index >= 15 is 0 Å². The summed E-state index contributed by atoms with van der Waals surface area (Å²) in [4.78, 5) is 10.1. The van der Waals surface area contributed by atoms with Gasteiger partial charge in [-0.3, -0.25) is 9.98 Å². The molecule has 2 heteroatoms. The minimum absolute atomic E-state index is 0.923. The number of fused-ring (bicyclic) bond motifs is 3. The van der Waals surface area contributed by atoms with Gasteiger partial charge in [0.1, 0.15) is 0 Å². The van der Waals surface area contributed by atoms with E-state index in [1.807, 2.05) is 13.0 Å². The van der Waals surface area contributed by atoms with Crippen LogP contribution in [0.5, 0.6) is 0 Å². The first-order valence-electron chi connectivity index (χ1n) is 17.8. The van der Waals surface area contributed by atoms with E-state index in [1.54, 1.807) is 0 Å². The molecule has 0 aliphatic carbocycles. The largest absolute Gasteiger partial charge is 0.258 e. The number of allylic oxidation sites excluding steroid dienone is 5. The third kappa shape index (κ3) is 6.49. The van der Waals surface area contributed by atoms with Crippen molar-refractivity contribution in [3.8, 4) is 33.4 Å². The van der Waals surface area contributed by atoms with Crippen molar-refractivity contribution < 1.29 is 0 Å². The van der Waals surface area contributed by atoms with Crippen molar-refractivity contribution in [1.29, 1.82) is 0 Å². The molecule has 0 N–H and O–H groups in total. The van der Waals surface area contributed by atoms with Crippen LogP contribution in [0.1, 0.15) is 42.3 Å². The van der Waals surface area contributed by atoms with Crippen molar-refractivity contribution in [2.75, 3.05) is 0 Å². The van der Waals surface area contributed by atoms with Crippen molar-refractivity contribution in [3.63, 3.8) is 0 Å². The molecule has 0 fully saturated rings. The lowest BCUT2D eigenvalue weighted by atomic mass is 9.88. The Bertz CT molecular complexity index is 2530. The van der Waals surface area contributed by atoms with Crippen molar-refractivity contribution in [1.82, 2.24) is 4.98 Å². The summed E-state index contributed by atoms with van der Waals surface area (Å²) in [5.74, 6) is 0. The van der Waals surface area contributed by atoms with Crippen LogP contribution in [0, 0.1) is 13.8 Å². The number of hydrogen-bond donors (Lipinski definition) is 0. The summed E-state index contributed by atoms with van der Waals surface area (Å²) in [5, 5.41) is 5.04. The number of aryl methyl sites for hydroxylation is 2. The fourth-order valence-electron chi connectivity index (χ4n) is 7.41. The highest BCUT2D eigenvalue weighted by Crippen LogP contribution is 2.40. The lowest BCUT2D eigenvalue weighted by molar-refractivity contribution is 1.09. The van der Waals surface area contributed by atoms with Gasteiger partial charge in [0.25, 0.3) is 0 Å². The molecule has 0 saturated heterocycles. The van der Waals surface area contributed by atoms with Gasteiger partial charge in [-0.25, -0.2) is 0 Å². The van der Waals surface area contributed by atoms with E-state index in [2.05, 4.69) is 172 Å². The highest BCUT2D eigenvalue weighted by atomic mass is 14.8. The van der Waals surface area contributed by atoms with Gasteiger partial charge in [0.2, 0.25) is 0 Å². The molecular formula is C49H40N2. The molecule has 246 valence electrons. The molecule has 8 rings (SSSR count). The summed E-state index contributed by atoms with van der Waals surface area (Å²) in [6.07, 6.45) is 10.2. The molecule has 51 heavy (non-hydrogen) atoms. The van der Waals surface area contributed by atoms with Crippen molar-refractivity contribution >= 4 is 38.5 Å². The molecule has 1 aliphatic rings. The van der Waals surface area contributed by atoms with E-state index in [9.17, 15) is 0 Å². The van der Waals surface area contributed by atoms with Crippen LogP contribution in [0.3, 0.4) is 0 Å². The molecule has 2 nitrogen and oxygen atoms in total. The predicted molar refractivity (Wildman–Crippen MR) is 219 cm³/mol. The predicted octanol–water partition coefficient (Wildman–Crippen LogP) is 13.2.